The van der Waals surface area contributed by atoms with Crippen LogP contribution < -0.4 is 10.6 Å². The Bertz CT molecular complexity index is 630. The van der Waals surface area contributed by atoms with E-state index in [1.807, 2.05) is 13.0 Å². The first-order valence-corrected chi connectivity index (χ1v) is 7.81. The van der Waals surface area contributed by atoms with Crippen LogP contribution in [0.3, 0.4) is 0 Å². The molecular formula is C15H19N3O3S. The van der Waals surface area contributed by atoms with Crippen molar-refractivity contribution in [2.75, 3.05) is 19.4 Å². The monoisotopic (exact) mass is 321 g/mol. The van der Waals surface area contributed by atoms with Gasteiger partial charge in [0.1, 0.15) is 6.04 Å². The van der Waals surface area contributed by atoms with E-state index in [-0.39, 0.29) is 23.0 Å². The fraction of sp³-hybridized carbons (Fsp3) is 0.400. The van der Waals surface area contributed by atoms with Gasteiger partial charge < -0.3 is 15.5 Å². The highest BCUT2D eigenvalue weighted by molar-refractivity contribution is 8.00. The lowest BCUT2D eigenvalue weighted by molar-refractivity contribution is -0.130. The molecule has 1 heterocycles. The standard InChI is InChI=1S/C15H19N3O3S/c1-8(15(21)18(3)4)16-14(20)10-5-6-12-11(7-10)17-13(19)9(2)22-12/h5-9H,1-4H3,(H,16,20)(H,17,19)/t8-,9-/m0/s1. The molecule has 0 bridgehead atoms. The first kappa shape index (κ1) is 16.4. The summed E-state index contributed by atoms with van der Waals surface area (Å²) in [5, 5.41) is 5.29. The van der Waals surface area contributed by atoms with E-state index in [2.05, 4.69) is 10.6 Å². The molecule has 3 amide bonds. The van der Waals surface area contributed by atoms with Crippen molar-refractivity contribution in [2.45, 2.75) is 30.0 Å². The Morgan fingerprint density at radius 1 is 1.36 bits per heavy atom. The maximum atomic E-state index is 12.2. The summed E-state index contributed by atoms with van der Waals surface area (Å²) in [5.74, 6) is -0.599. The minimum Gasteiger partial charge on any atom is -0.347 e. The van der Waals surface area contributed by atoms with E-state index in [0.29, 0.717) is 11.3 Å². The Labute approximate surface area is 133 Å². The van der Waals surface area contributed by atoms with E-state index in [1.165, 1.54) is 16.7 Å². The molecule has 7 heteroatoms. The highest BCUT2D eigenvalue weighted by Gasteiger charge is 2.24. The van der Waals surface area contributed by atoms with Gasteiger partial charge in [0, 0.05) is 24.6 Å². The number of hydrogen-bond donors (Lipinski definition) is 2. The Morgan fingerprint density at radius 2 is 2.05 bits per heavy atom. The zero-order chi connectivity index (χ0) is 16.4. The molecule has 0 spiro atoms. The molecular weight excluding hydrogens is 302 g/mol. The molecule has 0 unspecified atom stereocenters. The molecule has 2 rings (SSSR count). The number of rotatable bonds is 3. The van der Waals surface area contributed by atoms with Crippen LogP contribution in [0.2, 0.25) is 0 Å². The lowest BCUT2D eigenvalue weighted by atomic mass is 10.1. The van der Waals surface area contributed by atoms with Crippen molar-refractivity contribution in [3.63, 3.8) is 0 Å². The number of thioether (sulfide) groups is 1. The Morgan fingerprint density at radius 3 is 2.68 bits per heavy atom. The Balaban J connectivity index is 2.13. The van der Waals surface area contributed by atoms with Crippen LogP contribution in [0.1, 0.15) is 24.2 Å². The number of fused-ring (bicyclic) bond motifs is 1. The number of likely N-dealkylation sites (N-methyl/N-ethyl adjacent to an activating group) is 1. The van der Waals surface area contributed by atoms with Gasteiger partial charge in [-0.15, -0.1) is 11.8 Å². The molecule has 6 nitrogen and oxygen atoms in total. The number of benzene rings is 1. The summed E-state index contributed by atoms with van der Waals surface area (Å²) < 4.78 is 0. The van der Waals surface area contributed by atoms with E-state index in [4.69, 9.17) is 0 Å². The van der Waals surface area contributed by atoms with Gasteiger partial charge >= 0.3 is 0 Å². The average molecular weight is 321 g/mol. The number of carbonyl (C=O) groups is 3. The molecule has 0 aromatic heterocycles. The Kier molecular flexibility index (Phi) is 4.75. The predicted molar refractivity (Wildman–Crippen MR) is 86.0 cm³/mol. The topological polar surface area (TPSA) is 78.5 Å². The zero-order valence-electron chi connectivity index (χ0n) is 13.0. The summed E-state index contributed by atoms with van der Waals surface area (Å²) in [6.07, 6.45) is 0. The lowest BCUT2D eigenvalue weighted by Gasteiger charge is -2.22. The van der Waals surface area contributed by atoms with Gasteiger partial charge in [-0.05, 0) is 32.0 Å². The summed E-state index contributed by atoms with van der Waals surface area (Å²) in [6, 6.07) is 4.53. The second-order valence-corrected chi connectivity index (χ2v) is 6.77. The van der Waals surface area contributed by atoms with Crippen LogP contribution in [-0.4, -0.2) is 48.0 Å². The summed E-state index contributed by atoms with van der Waals surface area (Å²) >= 11 is 1.46. The number of carbonyl (C=O) groups excluding carboxylic acids is 3. The van der Waals surface area contributed by atoms with Crippen molar-refractivity contribution < 1.29 is 14.4 Å². The molecule has 1 aliphatic rings. The van der Waals surface area contributed by atoms with E-state index < -0.39 is 6.04 Å². The molecule has 22 heavy (non-hydrogen) atoms. The minimum absolute atomic E-state index is 0.0776. The van der Waals surface area contributed by atoms with Crippen LogP contribution in [0.25, 0.3) is 0 Å². The largest absolute Gasteiger partial charge is 0.347 e. The van der Waals surface area contributed by atoms with Gasteiger partial charge in [-0.2, -0.15) is 0 Å². The molecule has 1 aromatic carbocycles. The van der Waals surface area contributed by atoms with E-state index in [0.717, 1.165) is 4.90 Å². The fourth-order valence-electron chi connectivity index (χ4n) is 2.08. The van der Waals surface area contributed by atoms with Crippen LogP contribution in [0, 0.1) is 0 Å². The van der Waals surface area contributed by atoms with Gasteiger partial charge in [-0.3, -0.25) is 14.4 Å². The first-order valence-electron chi connectivity index (χ1n) is 6.93. The van der Waals surface area contributed by atoms with Crippen molar-refractivity contribution in [3.8, 4) is 0 Å². The van der Waals surface area contributed by atoms with E-state index >= 15 is 0 Å². The van der Waals surface area contributed by atoms with Crippen molar-refractivity contribution in [2.24, 2.45) is 0 Å². The molecule has 2 atom stereocenters. The Hall–Kier alpha value is -2.02. The van der Waals surface area contributed by atoms with Crippen LogP contribution in [0.4, 0.5) is 5.69 Å². The van der Waals surface area contributed by atoms with Crippen LogP contribution in [-0.2, 0) is 9.59 Å². The van der Waals surface area contributed by atoms with Gasteiger partial charge in [-0.1, -0.05) is 0 Å². The zero-order valence-corrected chi connectivity index (χ0v) is 13.8. The summed E-state index contributed by atoms with van der Waals surface area (Å²) in [7, 11) is 3.27. The quantitative estimate of drug-likeness (QED) is 0.880. The first-order chi connectivity index (χ1) is 10.3. The summed E-state index contributed by atoms with van der Waals surface area (Å²) in [5.41, 5.74) is 1.04. The smallest absolute Gasteiger partial charge is 0.251 e. The van der Waals surface area contributed by atoms with Crippen molar-refractivity contribution in [1.29, 1.82) is 0 Å². The third-order valence-electron chi connectivity index (χ3n) is 3.33. The van der Waals surface area contributed by atoms with Gasteiger partial charge in [0.25, 0.3) is 5.91 Å². The van der Waals surface area contributed by atoms with E-state index in [1.54, 1.807) is 33.2 Å². The molecule has 0 saturated carbocycles. The van der Waals surface area contributed by atoms with Crippen molar-refractivity contribution in [3.05, 3.63) is 23.8 Å². The summed E-state index contributed by atoms with van der Waals surface area (Å²) in [6.45, 7) is 3.47. The number of nitrogens with zero attached hydrogens (tertiary/aromatic N) is 1. The molecule has 2 N–H and O–H groups in total. The van der Waals surface area contributed by atoms with Gasteiger partial charge in [0.2, 0.25) is 11.8 Å². The molecule has 0 saturated heterocycles. The lowest BCUT2D eigenvalue weighted by Crippen LogP contribution is -2.44. The van der Waals surface area contributed by atoms with Crippen molar-refractivity contribution >= 4 is 35.2 Å². The third kappa shape index (κ3) is 3.41. The number of nitrogens with one attached hydrogen (secondary N) is 2. The highest BCUT2D eigenvalue weighted by atomic mass is 32.2. The van der Waals surface area contributed by atoms with E-state index in [9.17, 15) is 14.4 Å². The minimum atomic E-state index is -0.609. The molecule has 118 valence electrons. The van der Waals surface area contributed by atoms with Gasteiger partial charge in [-0.25, -0.2) is 0 Å². The maximum Gasteiger partial charge on any atom is 0.251 e. The molecule has 0 fully saturated rings. The normalized spacial score (nSPS) is 18.0. The number of hydrogen-bond acceptors (Lipinski definition) is 4. The predicted octanol–water partition coefficient (Wildman–Crippen LogP) is 1.33. The number of anilines is 1. The summed E-state index contributed by atoms with van der Waals surface area (Å²) in [4.78, 5) is 38.0. The van der Waals surface area contributed by atoms with Crippen molar-refractivity contribution in [1.82, 2.24) is 10.2 Å². The van der Waals surface area contributed by atoms with Gasteiger partial charge in [0.15, 0.2) is 0 Å². The fourth-order valence-corrected chi connectivity index (χ4v) is 3.01. The second kappa shape index (κ2) is 6.39. The maximum absolute atomic E-state index is 12.2. The molecule has 1 aliphatic heterocycles. The van der Waals surface area contributed by atoms with Crippen LogP contribution in [0.15, 0.2) is 23.1 Å². The SMILES string of the molecule is C[C@H](NC(=O)c1ccc2c(c1)NC(=O)[C@H](C)S2)C(=O)N(C)C. The highest BCUT2D eigenvalue weighted by Crippen LogP contribution is 2.35. The average Bonchev–Trinajstić information content (AvgIpc) is 2.46. The number of amides is 3. The molecule has 1 aromatic rings. The van der Waals surface area contributed by atoms with Crippen LogP contribution >= 0.6 is 11.8 Å². The second-order valence-electron chi connectivity index (χ2n) is 5.39. The third-order valence-corrected chi connectivity index (χ3v) is 4.51. The molecule has 0 aliphatic carbocycles. The molecule has 0 radical (unpaired) electrons. The van der Waals surface area contributed by atoms with Crippen LogP contribution in [0.5, 0.6) is 0 Å². The van der Waals surface area contributed by atoms with Gasteiger partial charge in [0.05, 0.1) is 10.9 Å².